The number of carbonyl (C=O) groups is 2. The number of aromatic nitrogens is 1. The molecular weight excluding hydrogens is 552 g/mol. The molecule has 3 N–H and O–H groups in total. The third-order valence-corrected chi connectivity index (χ3v) is 7.58. The zero-order chi connectivity index (χ0) is 24.9. The summed E-state index contributed by atoms with van der Waals surface area (Å²) in [4.78, 5) is 29.0. The van der Waals surface area contributed by atoms with Crippen LogP contribution < -0.4 is 10.6 Å². The molecule has 0 saturated heterocycles. The van der Waals surface area contributed by atoms with E-state index in [1.807, 2.05) is 24.4 Å². The highest BCUT2D eigenvalue weighted by Crippen LogP contribution is 2.65. The lowest BCUT2D eigenvalue weighted by molar-refractivity contribution is -0.117. The van der Waals surface area contributed by atoms with Gasteiger partial charge in [0.1, 0.15) is 4.33 Å². The molecule has 0 spiro atoms. The molecule has 178 valence electrons. The summed E-state index contributed by atoms with van der Waals surface area (Å²) >= 11 is 31.3. The Morgan fingerprint density at radius 1 is 0.829 bits per heavy atom. The Balaban J connectivity index is 1.33. The number of anilines is 2. The maximum atomic E-state index is 13.0. The van der Waals surface area contributed by atoms with Crippen LogP contribution in [-0.2, 0) is 4.79 Å². The van der Waals surface area contributed by atoms with Crippen LogP contribution in [0.4, 0.5) is 11.4 Å². The van der Waals surface area contributed by atoms with Crippen LogP contribution in [0.3, 0.4) is 0 Å². The largest absolute Gasteiger partial charge is 0.361 e. The number of carbonyl (C=O) groups excluding carboxylic acids is 2. The Morgan fingerprint density at radius 3 is 2.26 bits per heavy atom. The van der Waals surface area contributed by atoms with Crippen molar-refractivity contribution in [3.8, 4) is 0 Å². The van der Waals surface area contributed by atoms with Crippen molar-refractivity contribution in [2.45, 2.75) is 10.3 Å². The smallest absolute Gasteiger partial charge is 0.257 e. The summed E-state index contributed by atoms with van der Waals surface area (Å²) in [6.45, 7) is 0. The molecule has 3 aromatic carbocycles. The van der Waals surface area contributed by atoms with E-state index in [1.54, 1.807) is 30.3 Å². The molecule has 4 aromatic rings. The standard InChI is InChI=1S/C25H16Cl5N3O2/c26-14-7-13(8-15(27)10-14)21-22(25(21,29)30)24(35)33-17-1-3-19(28)18(11-17)23(34)32-16-2-4-20-12(9-16)5-6-31-20/h1-11,21-22,31H,(H,32,34)(H,33,35)/t21-,22+/m0/s1. The highest BCUT2D eigenvalue weighted by molar-refractivity contribution is 6.53. The van der Waals surface area contributed by atoms with Crippen molar-refractivity contribution in [3.63, 3.8) is 0 Å². The van der Waals surface area contributed by atoms with Crippen LogP contribution in [0, 0.1) is 5.92 Å². The number of hydrogen-bond acceptors (Lipinski definition) is 2. The van der Waals surface area contributed by atoms with Crippen LogP contribution in [0.25, 0.3) is 10.9 Å². The summed E-state index contributed by atoms with van der Waals surface area (Å²) in [6, 6.07) is 17.0. The van der Waals surface area contributed by atoms with Gasteiger partial charge in [0.25, 0.3) is 5.91 Å². The molecule has 35 heavy (non-hydrogen) atoms. The van der Waals surface area contributed by atoms with Gasteiger partial charge in [0.2, 0.25) is 5.91 Å². The SMILES string of the molecule is O=C(Nc1ccc2[nH]ccc2c1)c1cc(NC(=O)[C@H]2[C@H](c3cc(Cl)cc(Cl)c3)C2(Cl)Cl)ccc1Cl. The van der Waals surface area contributed by atoms with Gasteiger partial charge in [-0.05, 0) is 66.2 Å². The van der Waals surface area contributed by atoms with Gasteiger partial charge in [0.15, 0.2) is 0 Å². The fourth-order valence-electron chi connectivity index (χ4n) is 4.15. The van der Waals surface area contributed by atoms with Gasteiger partial charge in [0.05, 0.1) is 16.5 Å². The molecule has 5 rings (SSSR count). The lowest BCUT2D eigenvalue weighted by Crippen LogP contribution is -2.18. The molecule has 0 aliphatic heterocycles. The highest BCUT2D eigenvalue weighted by Gasteiger charge is 2.67. The maximum Gasteiger partial charge on any atom is 0.257 e. The molecule has 2 amide bonds. The van der Waals surface area contributed by atoms with Crippen molar-refractivity contribution in [1.29, 1.82) is 0 Å². The second-order valence-corrected chi connectivity index (χ2v) is 11.0. The van der Waals surface area contributed by atoms with Gasteiger partial charge in [-0.25, -0.2) is 0 Å². The zero-order valence-electron chi connectivity index (χ0n) is 17.7. The first kappa shape index (κ1) is 24.3. The van der Waals surface area contributed by atoms with Crippen LogP contribution in [-0.4, -0.2) is 21.1 Å². The minimum atomic E-state index is -1.32. The van der Waals surface area contributed by atoms with Gasteiger partial charge in [-0.2, -0.15) is 0 Å². The van der Waals surface area contributed by atoms with Gasteiger partial charge < -0.3 is 15.6 Å². The number of aromatic amines is 1. The van der Waals surface area contributed by atoms with Crippen LogP contribution in [0.2, 0.25) is 15.1 Å². The van der Waals surface area contributed by atoms with Crippen molar-refractivity contribution in [2.75, 3.05) is 10.6 Å². The van der Waals surface area contributed by atoms with Crippen LogP contribution in [0.15, 0.2) is 66.9 Å². The molecule has 1 aromatic heterocycles. The number of nitrogens with one attached hydrogen (secondary N) is 3. The minimum Gasteiger partial charge on any atom is -0.361 e. The van der Waals surface area contributed by atoms with Gasteiger partial charge in [0, 0.05) is 44.4 Å². The molecular formula is C25H16Cl5N3O2. The topological polar surface area (TPSA) is 74.0 Å². The van der Waals surface area contributed by atoms with Gasteiger partial charge in [-0.15, -0.1) is 23.2 Å². The lowest BCUT2D eigenvalue weighted by Gasteiger charge is -2.10. The average Bonchev–Trinajstić information content (AvgIpc) is 3.11. The van der Waals surface area contributed by atoms with Crippen molar-refractivity contribution in [2.24, 2.45) is 5.92 Å². The van der Waals surface area contributed by atoms with E-state index in [0.29, 0.717) is 27.0 Å². The summed E-state index contributed by atoms with van der Waals surface area (Å²) in [5, 5.41) is 7.66. The van der Waals surface area contributed by atoms with Crippen LogP contribution in [0.1, 0.15) is 21.8 Å². The maximum absolute atomic E-state index is 13.0. The second-order valence-electron chi connectivity index (χ2n) is 8.25. The van der Waals surface area contributed by atoms with E-state index in [-0.39, 0.29) is 10.6 Å². The number of rotatable bonds is 5. The Labute approximate surface area is 225 Å². The number of alkyl halides is 2. The molecule has 5 nitrogen and oxygen atoms in total. The Hall–Kier alpha value is -2.41. The molecule has 1 fully saturated rings. The summed E-state index contributed by atoms with van der Waals surface area (Å²) in [7, 11) is 0. The third-order valence-electron chi connectivity index (χ3n) is 5.87. The zero-order valence-corrected chi connectivity index (χ0v) is 21.5. The van der Waals surface area contributed by atoms with E-state index in [4.69, 9.17) is 58.0 Å². The van der Waals surface area contributed by atoms with E-state index < -0.39 is 28.0 Å². The predicted octanol–water partition coefficient (Wildman–Crippen LogP) is 7.91. The van der Waals surface area contributed by atoms with E-state index >= 15 is 0 Å². The summed E-state index contributed by atoms with van der Waals surface area (Å²) < 4.78 is -1.32. The first-order chi connectivity index (χ1) is 16.6. The Kier molecular flexibility index (Phi) is 6.41. The number of amides is 2. The quantitative estimate of drug-likeness (QED) is 0.215. The lowest BCUT2D eigenvalue weighted by atomic mass is 10.1. The van der Waals surface area contributed by atoms with E-state index in [2.05, 4.69) is 15.6 Å². The van der Waals surface area contributed by atoms with E-state index in [0.717, 1.165) is 10.9 Å². The van der Waals surface area contributed by atoms with Crippen LogP contribution in [0.5, 0.6) is 0 Å². The van der Waals surface area contributed by atoms with Crippen molar-refractivity contribution in [1.82, 2.24) is 4.98 Å². The molecule has 1 aliphatic rings. The van der Waals surface area contributed by atoms with Gasteiger partial charge >= 0.3 is 0 Å². The number of halogens is 5. The number of H-pyrrole nitrogens is 1. The van der Waals surface area contributed by atoms with Gasteiger partial charge in [-0.3, -0.25) is 9.59 Å². The van der Waals surface area contributed by atoms with Gasteiger partial charge in [-0.1, -0.05) is 34.8 Å². The number of fused-ring (bicyclic) bond motifs is 1. The predicted molar refractivity (Wildman–Crippen MR) is 143 cm³/mol. The van der Waals surface area contributed by atoms with Crippen molar-refractivity contribution >= 4 is 92.1 Å². The molecule has 10 heteroatoms. The second kappa shape index (κ2) is 9.23. The third kappa shape index (κ3) is 4.84. The Bertz CT molecular complexity index is 1460. The first-order valence-electron chi connectivity index (χ1n) is 10.5. The summed E-state index contributed by atoms with van der Waals surface area (Å²) in [5.41, 5.74) is 2.82. The molecule has 1 aliphatic carbocycles. The molecule has 1 heterocycles. The monoisotopic (exact) mass is 565 g/mol. The molecule has 0 bridgehead atoms. The fraction of sp³-hybridized carbons (Fsp3) is 0.120. The number of hydrogen-bond donors (Lipinski definition) is 3. The highest BCUT2D eigenvalue weighted by atomic mass is 35.5. The van der Waals surface area contributed by atoms with Crippen molar-refractivity contribution < 1.29 is 9.59 Å². The van der Waals surface area contributed by atoms with Crippen LogP contribution >= 0.6 is 58.0 Å². The normalized spacial score (nSPS) is 18.3. The molecule has 2 atom stereocenters. The fourth-order valence-corrected chi connectivity index (χ4v) is 5.72. The first-order valence-corrected chi connectivity index (χ1v) is 12.3. The van der Waals surface area contributed by atoms with E-state index in [1.165, 1.54) is 12.1 Å². The minimum absolute atomic E-state index is 0.204. The molecule has 0 unspecified atom stereocenters. The molecule has 0 radical (unpaired) electrons. The summed E-state index contributed by atoms with van der Waals surface area (Å²) in [6.07, 6.45) is 1.82. The Morgan fingerprint density at radius 2 is 1.51 bits per heavy atom. The number of benzene rings is 3. The summed E-state index contributed by atoms with van der Waals surface area (Å²) in [5.74, 6) is -2.03. The van der Waals surface area contributed by atoms with E-state index in [9.17, 15) is 9.59 Å². The van der Waals surface area contributed by atoms with Crippen molar-refractivity contribution in [3.05, 3.63) is 93.1 Å². The molecule has 1 saturated carbocycles. The average molecular weight is 568 g/mol.